The predicted molar refractivity (Wildman–Crippen MR) is 520 cm³/mol. The molecule has 0 fully saturated rings. The van der Waals surface area contributed by atoms with E-state index in [1.54, 1.807) is 0 Å². The summed E-state index contributed by atoms with van der Waals surface area (Å²) in [5.41, 5.74) is 15.8. The summed E-state index contributed by atoms with van der Waals surface area (Å²) in [6.07, 6.45) is 0. The molecule has 0 nitrogen and oxygen atoms in total. The summed E-state index contributed by atoms with van der Waals surface area (Å²) in [4.78, 5) is 0. The first-order chi connectivity index (χ1) is 53.9. The van der Waals surface area contributed by atoms with Gasteiger partial charge in [-0.3, -0.25) is 0 Å². The minimum Gasteiger partial charge on any atom is -0.0616 e. The van der Waals surface area contributed by atoms with Crippen molar-refractivity contribution in [1.82, 2.24) is 0 Å². The van der Waals surface area contributed by atoms with Crippen molar-refractivity contribution in [2.75, 3.05) is 0 Å². The van der Waals surface area contributed by atoms with Gasteiger partial charge in [-0.1, -0.05) is 450 Å². The molecule has 0 aliphatic heterocycles. The zero-order valence-corrected chi connectivity index (χ0v) is 76.2. The Balaban J connectivity index is 0.000000126. The molecule has 0 radical (unpaired) electrons. The monoisotopic (exact) mass is 1530 g/mol. The zero-order valence-electron chi connectivity index (χ0n) is 76.2. The Kier molecular flexibility index (Phi) is 21.9. The molecule has 116 heavy (non-hydrogen) atoms. The molecule has 0 unspecified atom stereocenters. The van der Waals surface area contributed by atoms with E-state index in [1.165, 1.54) is 185 Å². The topological polar surface area (TPSA) is 0 Å². The van der Waals surface area contributed by atoms with Gasteiger partial charge in [0, 0.05) is 0 Å². The van der Waals surface area contributed by atoms with Crippen molar-refractivity contribution in [2.24, 2.45) is 0 Å². The molecular formula is C116H132. The second-order valence-electron chi connectivity index (χ2n) is 43.8. The van der Waals surface area contributed by atoms with Crippen molar-refractivity contribution < 1.29 is 0 Å². The molecule has 17 aromatic carbocycles. The van der Waals surface area contributed by atoms with Crippen LogP contribution in [-0.2, 0) is 54.1 Å². The highest BCUT2D eigenvalue weighted by molar-refractivity contribution is 6.25. The van der Waals surface area contributed by atoms with E-state index in [0.29, 0.717) is 0 Å². The van der Waals surface area contributed by atoms with Gasteiger partial charge in [0.25, 0.3) is 0 Å². The van der Waals surface area contributed by atoms with Gasteiger partial charge in [-0.15, -0.1) is 0 Å². The van der Waals surface area contributed by atoms with Crippen molar-refractivity contribution in [3.05, 3.63) is 310 Å². The Hall–Kier alpha value is -9.88. The zero-order chi connectivity index (χ0) is 84.3. The standard InChI is InChI=1S/C26H28.C24H26.3C22H26/c1-25(2,3)23-15-21-18-12-8-10-14-20(18)24(26(4,5)6)16-22(21)17-11-7-9-13-19(17)23;1-23(2,3)19-13-9-15-8-12-18-20(24(4,5)6)14-10-16-7-11-17(19)21(15)22(16)18;1-21(2,3)19-11-7-9-15-16-10-8-12-20(22(4,5)6)18(16)14-13-17(15)19;1-21(2,3)19-15-11-7-9-13-17(15)20(22(4,5)6)18-14-10-8-12-16(18)19;1-21(2,3)17-9-11-19-15(13-17)7-8-16-14-18(22(4,5)6)10-12-20(16)19/h7-16H,1-6H3;7-14H,1-6H3;3*7-14H,1-6H3. The molecule has 0 aliphatic carbocycles. The molecular weight excluding hydrogens is 1390 g/mol. The lowest BCUT2D eigenvalue weighted by atomic mass is 9.74. The van der Waals surface area contributed by atoms with Gasteiger partial charge in [0.15, 0.2) is 0 Å². The molecule has 596 valence electrons. The maximum Gasteiger partial charge on any atom is -0.00237 e. The highest BCUT2D eigenvalue weighted by Gasteiger charge is 2.30. The minimum atomic E-state index is 0.109. The molecule has 0 aromatic heterocycles. The fourth-order valence-corrected chi connectivity index (χ4v) is 18.5. The molecule has 17 rings (SSSR count). The molecule has 0 heteroatoms. The summed E-state index contributed by atoms with van der Waals surface area (Å²) in [5, 5.41) is 33.1. The van der Waals surface area contributed by atoms with Crippen LogP contribution < -0.4 is 0 Å². The van der Waals surface area contributed by atoms with Crippen LogP contribution in [-0.4, -0.2) is 0 Å². The van der Waals surface area contributed by atoms with Crippen LogP contribution in [0.15, 0.2) is 255 Å². The van der Waals surface area contributed by atoms with Gasteiger partial charge >= 0.3 is 0 Å². The average molecular weight is 1530 g/mol. The van der Waals surface area contributed by atoms with Gasteiger partial charge in [0.2, 0.25) is 0 Å². The Morgan fingerprint density at radius 2 is 0.353 bits per heavy atom. The number of rotatable bonds is 0. The molecule has 17 aromatic rings. The molecule has 0 saturated carbocycles. The lowest BCUT2D eigenvalue weighted by Gasteiger charge is -2.30. The van der Waals surface area contributed by atoms with Gasteiger partial charge < -0.3 is 0 Å². The fraction of sp³-hybridized carbons (Fsp3) is 0.345. The first kappa shape index (κ1) is 84.0. The molecule has 0 amide bonds. The van der Waals surface area contributed by atoms with E-state index in [9.17, 15) is 0 Å². The van der Waals surface area contributed by atoms with Crippen LogP contribution in [0.2, 0.25) is 0 Å². The second kappa shape index (κ2) is 30.2. The number of hydrogen-bond acceptors (Lipinski definition) is 0. The van der Waals surface area contributed by atoms with E-state index in [2.05, 4.69) is 462 Å². The molecule has 0 spiro atoms. The summed E-state index contributed by atoms with van der Waals surface area (Å²) in [7, 11) is 0. The van der Waals surface area contributed by atoms with Crippen LogP contribution in [0.5, 0.6) is 0 Å². The van der Waals surface area contributed by atoms with Gasteiger partial charge in [-0.25, -0.2) is 0 Å². The normalized spacial score (nSPS) is 13.1. The molecule has 0 saturated heterocycles. The van der Waals surface area contributed by atoms with Gasteiger partial charge in [0.05, 0.1) is 0 Å². The third-order valence-corrected chi connectivity index (χ3v) is 24.3. The summed E-state index contributed by atoms with van der Waals surface area (Å²) >= 11 is 0. The van der Waals surface area contributed by atoms with Gasteiger partial charge in [-0.2, -0.15) is 0 Å². The first-order valence-electron chi connectivity index (χ1n) is 42.9. The quantitative estimate of drug-likeness (QED) is 0.105. The van der Waals surface area contributed by atoms with Crippen molar-refractivity contribution in [3.8, 4) is 0 Å². The van der Waals surface area contributed by atoms with Crippen molar-refractivity contribution in [2.45, 2.75) is 262 Å². The van der Waals surface area contributed by atoms with Crippen LogP contribution in [0.1, 0.15) is 263 Å². The van der Waals surface area contributed by atoms with Crippen LogP contribution in [0.3, 0.4) is 0 Å². The van der Waals surface area contributed by atoms with Gasteiger partial charge in [-0.05, 0) is 251 Å². The molecule has 0 aliphatic rings. The van der Waals surface area contributed by atoms with Crippen LogP contribution >= 0.6 is 0 Å². The number of fused-ring (bicyclic) bond motifs is 13. The molecule has 0 atom stereocenters. The van der Waals surface area contributed by atoms with Crippen LogP contribution in [0.4, 0.5) is 0 Å². The Labute approximate surface area is 696 Å². The Morgan fingerprint density at radius 1 is 0.129 bits per heavy atom. The second-order valence-corrected chi connectivity index (χ2v) is 43.8. The Morgan fingerprint density at radius 3 is 0.638 bits per heavy atom. The smallest absolute Gasteiger partial charge is 0.00237 e. The lowest BCUT2D eigenvalue weighted by Crippen LogP contribution is -2.17. The SMILES string of the molecule is CC(C)(C)c1c2ccccc2c(C(C)(C)C)c2ccccc12.CC(C)(C)c1cc2c3ccccc3c(C(C)(C)C)cc2c2ccccc12.CC(C)(C)c1ccc2c(ccc3cc(C(C)(C)C)ccc32)c1.CC(C)(C)c1ccc2ccc3c(C(C)(C)C)ccc4ccc1c2c43.CC(C)(C)c1cccc2c1ccc1c(C(C)(C)C)cccc12. The van der Waals surface area contributed by atoms with Gasteiger partial charge in [0.1, 0.15) is 0 Å². The van der Waals surface area contributed by atoms with Crippen molar-refractivity contribution in [1.29, 1.82) is 0 Å². The number of benzene rings is 17. The predicted octanol–water partition coefficient (Wildman–Crippen LogP) is 34.7. The average Bonchev–Trinajstić information content (AvgIpc) is 0.733. The summed E-state index contributed by atoms with van der Waals surface area (Å²) in [5.74, 6) is 0. The van der Waals surface area contributed by atoms with E-state index < -0.39 is 0 Å². The maximum absolute atomic E-state index is 2.44. The lowest BCUT2D eigenvalue weighted by molar-refractivity contribution is 0.590. The van der Waals surface area contributed by atoms with E-state index >= 15 is 0 Å². The summed E-state index contributed by atoms with van der Waals surface area (Å²) < 4.78 is 0. The van der Waals surface area contributed by atoms with E-state index in [0.717, 1.165) is 0 Å². The third-order valence-electron chi connectivity index (χ3n) is 24.3. The minimum absolute atomic E-state index is 0.109. The molecule has 0 bridgehead atoms. The van der Waals surface area contributed by atoms with E-state index in [1.807, 2.05) is 0 Å². The van der Waals surface area contributed by atoms with E-state index in [4.69, 9.17) is 0 Å². The van der Waals surface area contributed by atoms with Crippen LogP contribution in [0, 0.1) is 0 Å². The van der Waals surface area contributed by atoms with E-state index in [-0.39, 0.29) is 54.1 Å². The largest absolute Gasteiger partial charge is 0.0616 e. The summed E-state index contributed by atoms with van der Waals surface area (Å²) in [6, 6.07) is 95.4. The Bertz CT molecular complexity index is 6110. The van der Waals surface area contributed by atoms with Crippen LogP contribution in [0.25, 0.3) is 129 Å². The third kappa shape index (κ3) is 16.6. The number of hydrogen-bond donors (Lipinski definition) is 0. The highest BCUT2D eigenvalue weighted by atomic mass is 14.3. The molecule has 0 heterocycles. The maximum atomic E-state index is 2.44. The fourth-order valence-electron chi connectivity index (χ4n) is 18.5. The first-order valence-corrected chi connectivity index (χ1v) is 42.9. The van der Waals surface area contributed by atoms with Crippen molar-refractivity contribution >= 4 is 129 Å². The summed E-state index contributed by atoms with van der Waals surface area (Å²) in [6.45, 7) is 69.0. The molecule has 0 N–H and O–H groups in total. The highest BCUT2D eigenvalue weighted by Crippen LogP contribution is 2.48. The van der Waals surface area contributed by atoms with Crippen molar-refractivity contribution in [3.63, 3.8) is 0 Å².